The van der Waals surface area contributed by atoms with E-state index < -0.39 is 24.3 Å². The minimum atomic E-state index is -4.61. The lowest BCUT2D eigenvalue weighted by Gasteiger charge is -2.11. The van der Waals surface area contributed by atoms with E-state index in [9.17, 15) is 27.9 Å². The highest BCUT2D eigenvalue weighted by atomic mass is 19.4. The van der Waals surface area contributed by atoms with Crippen LogP contribution in [0.4, 0.5) is 18.9 Å². The Balaban J connectivity index is 1.56. The maximum absolute atomic E-state index is 13.3. The standard InChI is InChI=1S/C23H21F3N6O3/c1-13-5-20(23(24,25)26)30-32(13)11-21(34)29-16-6-15(7-28-8-16)22(35)18-10-31(14(2)12-33)19-3-4-27-9-17(18)19/h3-10,14,33H,11-12H2,1-2H3,(H,29,34). The smallest absolute Gasteiger partial charge is 0.394 e. The Morgan fingerprint density at radius 3 is 2.63 bits per heavy atom. The summed E-state index contributed by atoms with van der Waals surface area (Å²) in [6.07, 6.45) is 2.85. The Morgan fingerprint density at radius 1 is 1.17 bits per heavy atom. The lowest BCUT2D eigenvalue weighted by atomic mass is 10.1. The first-order valence-electron chi connectivity index (χ1n) is 10.5. The molecule has 4 aromatic heterocycles. The molecule has 9 nitrogen and oxygen atoms in total. The Bertz CT molecular complexity index is 1410. The zero-order chi connectivity index (χ0) is 25.3. The molecule has 0 saturated carbocycles. The second-order valence-electron chi connectivity index (χ2n) is 8.04. The summed E-state index contributed by atoms with van der Waals surface area (Å²) in [5, 5.41) is 16.1. The molecule has 182 valence electrons. The molecule has 35 heavy (non-hydrogen) atoms. The molecular weight excluding hydrogens is 465 g/mol. The van der Waals surface area contributed by atoms with Crippen molar-refractivity contribution >= 4 is 28.3 Å². The first kappa shape index (κ1) is 24.1. The highest BCUT2D eigenvalue weighted by molar-refractivity contribution is 6.16. The number of aliphatic hydroxyl groups is 1. The molecule has 0 saturated heterocycles. The second kappa shape index (κ2) is 9.29. The van der Waals surface area contributed by atoms with Gasteiger partial charge in [0.1, 0.15) is 6.54 Å². The second-order valence-corrected chi connectivity index (χ2v) is 8.04. The van der Waals surface area contributed by atoms with Gasteiger partial charge in [-0.3, -0.25) is 24.2 Å². The largest absolute Gasteiger partial charge is 0.435 e. The van der Waals surface area contributed by atoms with Crippen molar-refractivity contribution in [1.29, 1.82) is 0 Å². The van der Waals surface area contributed by atoms with Gasteiger partial charge in [-0.1, -0.05) is 0 Å². The summed E-state index contributed by atoms with van der Waals surface area (Å²) in [7, 11) is 0. The van der Waals surface area contributed by atoms with E-state index in [4.69, 9.17) is 0 Å². The molecular formula is C23H21F3N6O3. The molecule has 4 heterocycles. The van der Waals surface area contributed by atoms with Crippen LogP contribution in [0.3, 0.4) is 0 Å². The molecule has 0 radical (unpaired) electrons. The summed E-state index contributed by atoms with van der Waals surface area (Å²) in [6, 6.07) is 3.76. The van der Waals surface area contributed by atoms with Crippen LogP contribution in [0.15, 0.2) is 49.2 Å². The number of nitrogens with one attached hydrogen (secondary N) is 1. The average molecular weight is 486 g/mol. The average Bonchev–Trinajstić information content (AvgIpc) is 3.39. The Kier molecular flexibility index (Phi) is 6.39. The van der Waals surface area contributed by atoms with Crippen LogP contribution in [0.2, 0.25) is 0 Å². The van der Waals surface area contributed by atoms with E-state index in [1.807, 2.05) is 6.92 Å². The van der Waals surface area contributed by atoms with Crippen LogP contribution < -0.4 is 5.32 Å². The molecule has 0 aliphatic carbocycles. The number of aromatic nitrogens is 5. The molecule has 4 rings (SSSR count). The monoisotopic (exact) mass is 486 g/mol. The molecule has 4 aromatic rings. The van der Waals surface area contributed by atoms with Crippen molar-refractivity contribution in [2.45, 2.75) is 32.6 Å². The summed E-state index contributed by atoms with van der Waals surface area (Å²) in [5.41, 5.74) is 0.572. The summed E-state index contributed by atoms with van der Waals surface area (Å²) >= 11 is 0. The van der Waals surface area contributed by atoms with E-state index in [1.54, 1.807) is 29.2 Å². The van der Waals surface area contributed by atoms with E-state index in [-0.39, 0.29) is 35.4 Å². The number of hydrogen-bond donors (Lipinski definition) is 2. The summed E-state index contributed by atoms with van der Waals surface area (Å²) < 4.78 is 41.3. The van der Waals surface area contributed by atoms with E-state index in [0.717, 1.165) is 16.3 Å². The maximum atomic E-state index is 13.3. The van der Waals surface area contributed by atoms with Gasteiger partial charge in [0.25, 0.3) is 0 Å². The number of rotatable bonds is 7. The lowest BCUT2D eigenvalue weighted by molar-refractivity contribution is -0.141. The number of alkyl halides is 3. The maximum Gasteiger partial charge on any atom is 0.435 e. The third-order valence-corrected chi connectivity index (χ3v) is 5.47. The molecule has 0 bridgehead atoms. The number of amides is 1. The van der Waals surface area contributed by atoms with Crippen LogP contribution in [-0.2, 0) is 17.5 Å². The molecule has 1 unspecified atom stereocenters. The summed E-state index contributed by atoms with van der Waals surface area (Å²) in [4.78, 5) is 33.8. The number of carbonyl (C=O) groups excluding carboxylic acids is 2. The number of pyridine rings is 2. The third-order valence-electron chi connectivity index (χ3n) is 5.47. The highest BCUT2D eigenvalue weighted by Gasteiger charge is 2.34. The van der Waals surface area contributed by atoms with Crippen molar-refractivity contribution < 1.29 is 27.9 Å². The van der Waals surface area contributed by atoms with Crippen LogP contribution in [0.1, 0.15) is 40.3 Å². The number of aliphatic hydroxyl groups excluding tert-OH is 1. The van der Waals surface area contributed by atoms with Crippen LogP contribution >= 0.6 is 0 Å². The van der Waals surface area contributed by atoms with Gasteiger partial charge >= 0.3 is 6.18 Å². The first-order chi connectivity index (χ1) is 16.6. The van der Waals surface area contributed by atoms with Crippen molar-refractivity contribution in [3.8, 4) is 0 Å². The predicted octanol–water partition coefficient (Wildman–Crippen LogP) is 3.38. The van der Waals surface area contributed by atoms with Gasteiger partial charge in [0.2, 0.25) is 5.91 Å². The molecule has 0 aliphatic rings. The van der Waals surface area contributed by atoms with Crippen LogP contribution in [0, 0.1) is 6.92 Å². The zero-order valence-corrected chi connectivity index (χ0v) is 18.7. The van der Waals surface area contributed by atoms with E-state index in [0.29, 0.717) is 10.9 Å². The fourth-order valence-electron chi connectivity index (χ4n) is 3.66. The Morgan fingerprint density at radius 2 is 1.94 bits per heavy atom. The van der Waals surface area contributed by atoms with Crippen molar-refractivity contribution in [2.24, 2.45) is 0 Å². The first-order valence-corrected chi connectivity index (χ1v) is 10.5. The normalized spacial score (nSPS) is 12.6. The van der Waals surface area contributed by atoms with Crippen LogP contribution in [-0.4, -0.2) is 47.7 Å². The molecule has 12 heteroatoms. The van der Waals surface area contributed by atoms with Crippen LogP contribution in [0.5, 0.6) is 0 Å². The number of nitrogens with zero attached hydrogens (tertiary/aromatic N) is 5. The highest BCUT2D eigenvalue weighted by Crippen LogP contribution is 2.29. The zero-order valence-electron chi connectivity index (χ0n) is 18.7. The summed E-state index contributed by atoms with van der Waals surface area (Å²) in [6.45, 7) is 2.66. The number of fused-ring (bicyclic) bond motifs is 1. The van der Waals surface area contributed by atoms with Crippen molar-refractivity contribution in [3.05, 3.63) is 71.7 Å². The number of hydrogen-bond acceptors (Lipinski definition) is 6. The molecule has 1 amide bonds. The van der Waals surface area contributed by atoms with Gasteiger partial charge in [-0.2, -0.15) is 18.3 Å². The van der Waals surface area contributed by atoms with Crippen LogP contribution in [0.25, 0.3) is 10.9 Å². The Hall–Kier alpha value is -4.06. The number of aryl methyl sites for hydroxylation is 1. The van der Waals surface area contributed by atoms with E-state index in [2.05, 4.69) is 20.4 Å². The quantitative estimate of drug-likeness (QED) is 0.387. The van der Waals surface area contributed by atoms with E-state index >= 15 is 0 Å². The molecule has 0 aliphatic heterocycles. The van der Waals surface area contributed by atoms with Gasteiger partial charge in [-0.05, 0) is 32.0 Å². The lowest BCUT2D eigenvalue weighted by Crippen LogP contribution is -2.21. The number of ketones is 1. The predicted molar refractivity (Wildman–Crippen MR) is 120 cm³/mol. The molecule has 1 atom stereocenters. The summed E-state index contributed by atoms with van der Waals surface area (Å²) in [5.74, 6) is -0.998. The number of anilines is 1. The molecule has 0 aromatic carbocycles. The van der Waals surface area contributed by atoms with Crippen molar-refractivity contribution in [3.63, 3.8) is 0 Å². The van der Waals surface area contributed by atoms with Gasteiger partial charge in [0.05, 0.1) is 30.0 Å². The van der Waals surface area contributed by atoms with Crippen molar-refractivity contribution in [1.82, 2.24) is 24.3 Å². The minimum Gasteiger partial charge on any atom is -0.394 e. The molecule has 2 N–H and O–H groups in total. The molecule has 0 fully saturated rings. The fourth-order valence-corrected chi connectivity index (χ4v) is 3.66. The van der Waals surface area contributed by atoms with E-state index in [1.165, 1.54) is 25.4 Å². The Labute approximate surface area is 197 Å². The van der Waals surface area contributed by atoms with Gasteiger partial charge in [0, 0.05) is 47.0 Å². The minimum absolute atomic E-state index is 0.122. The topological polar surface area (TPSA) is 115 Å². The fraction of sp³-hybridized carbons (Fsp3) is 0.261. The van der Waals surface area contributed by atoms with Gasteiger partial charge in [-0.25, -0.2) is 0 Å². The molecule has 0 spiro atoms. The van der Waals surface area contributed by atoms with Gasteiger partial charge in [0.15, 0.2) is 11.5 Å². The SMILES string of the molecule is Cc1cc(C(F)(F)F)nn1CC(=O)Nc1cncc(C(=O)c2cn(C(C)CO)c3ccncc23)c1. The van der Waals surface area contributed by atoms with Gasteiger partial charge < -0.3 is 15.0 Å². The number of carbonyl (C=O) groups is 2. The third kappa shape index (κ3) is 4.92. The van der Waals surface area contributed by atoms with Gasteiger partial charge in [-0.15, -0.1) is 0 Å². The number of halogens is 3. The van der Waals surface area contributed by atoms with Crippen molar-refractivity contribution in [2.75, 3.05) is 11.9 Å².